The topological polar surface area (TPSA) is 0 Å². The third-order valence-electron chi connectivity index (χ3n) is 1.11. The molecule has 0 aromatic rings. The fraction of sp³-hybridized carbons (Fsp3) is 0.667. The summed E-state index contributed by atoms with van der Waals surface area (Å²) in [6.07, 6.45) is 2.01. The summed E-state index contributed by atoms with van der Waals surface area (Å²) in [5.41, 5.74) is 0. The van der Waals surface area contributed by atoms with Crippen molar-refractivity contribution < 1.29 is 21.2 Å². The number of halogens is 2. The van der Waals surface area contributed by atoms with Crippen LogP contribution in [-0.2, 0) is 0 Å². The Morgan fingerprint density at radius 3 is 2.60 bits per heavy atom. The summed E-state index contributed by atoms with van der Waals surface area (Å²) in [5, 5.41) is 0. The van der Waals surface area contributed by atoms with E-state index in [0.29, 0.717) is 12.2 Å². The minimum absolute atomic E-state index is 0.111. The first-order valence-corrected chi connectivity index (χ1v) is 6.95. The fourth-order valence-corrected chi connectivity index (χ4v) is 3.61. The van der Waals surface area contributed by atoms with Gasteiger partial charge in [-0.3, -0.25) is 0 Å². The molecule has 4 heteroatoms. The van der Waals surface area contributed by atoms with E-state index in [-0.39, 0.29) is 21.2 Å². The van der Waals surface area contributed by atoms with Gasteiger partial charge in [-0.1, -0.05) is 0 Å². The van der Waals surface area contributed by atoms with Crippen molar-refractivity contribution >= 4 is 34.8 Å². The molecule has 2 unspecified atom stereocenters. The number of allylic oxidation sites excluding steroid dienone is 1. The van der Waals surface area contributed by atoms with Crippen molar-refractivity contribution in [2.45, 2.75) is 21.4 Å². The molecule has 0 amide bonds. The van der Waals surface area contributed by atoms with Gasteiger partial charge < -0.3 is 0 Å². The molecule has 2 radical (unpaired) electrons. The van der Waals surface area contributed by atoms with E-state index in [1.807, 2.05) is 6.08 Å². The van der Waals surface area contributed by atoms with Crippen LogP contribution in [0.25, 0.3) is 0 Å². The van der Waals surface area contributed by atoms with E-state index in [1.54, 1.807) is 0 Å². The molecule has 56 valence electrons. The summed E-state index contributed by atoms with van der Waals surface area (Å²) in [7, 11) is 5.89. The van der Waals surface area contributed by atoms with Gasteiger partial charge in [0.15, 0.2) is 0 Å². The van der Waals surface area contributed by atoms with E-state index < -0.39 is 0 Å². The Hall–Kier alpha value is 1.33. The van der Waals surface area contributed by atoms with E-state index in [4.69, 9.17) is 7.85 Å². The molecule has 0 spiro atoms. The SMILES string of the molecule is [B]C([I-]C(C)C=C)B(C)I. The molecule has 0 aromatic heterocycles. The Morgan fingerprint density at radius 1 is 1.80 bits per heavy atom. The van der Waals surface area contributed by atoms with Gasteiger partial charge in [0.2, 0.25) is 0 Å². The summed E-state index contributed by atoms with van der Waals surface area (Å²) >= 11 is 2.50. The zero-order valence-corrected chi connectivity index (χ0v) is 10.7. The zero-order chi connectivity index (χ0) is 8.15. The van der Waals surface area contributed by atoms with Gasteiger partial charge in [-0.05, 0) is 0 Å². The average molecular weight is 359 g/mol. The van der Waals surface area contributed by atoms with Crippen molar-refractivity contribution in [1.82, 2.24) is 0 Å². The molecule has 0 N–H and O–H groups in total. The molecule has 0 heterocycles. The van der Waals surface area contributed by atoms with Crippen molar-refractivity contribution in [3.8, 4) is 0 Å². The minimum atomic E-state index is 0.111. The van der Waals surface area contributed by atoms with Gasteiger partial charge in [0, 0.05) is 0 Å². The van der Waals surface area contributed by atoms with Gasteiger partial charge in [0.05, 0.1) is 0 Å². The van der Waals surface area contributed by atoms with Crippen LogP contribution in [-0.4, -0.2) is 20.1 Å². The van der Waals surface area contributed by atoms with Gasteiger partial charge in [0.25, 0.3) is 0 Å². The second-order valence-corrected chi connectivity index (χ2v) is 8.25. The molecule has 0 saturated heterocycles. The van der Waals surface area contributed by atoms with Crippen LogP contribution in [0.2, 0.25) is 6.82 Å². The second-order valence-electron chi connectivity index (χ2n) is 2.16. The summed E-state index contributed by atoms with van der Waals surface area (Å²) in [6, 6.07) is 0. The van der Waals surface area contributed by atoms with Crippen LogP contribution in [0, 0.1) is 0 Å². The van der Waals surface area contributed by atoms with Gasteiger partial charge in [-0.15, -0.1) is 0 Å². The molecule has 0 saturated carbocycles. The number of hydrogen-bond donors (Lipinski definition) is 0. The van der Waals surface area contributed by atoms with E-state index in [0.717, 1.165) is 0 Å². The molecular formula is C6H11B2I2-. The van der Waals surface area contributed by atoms with Crippen LogP contribution in [0.1, 0.15) is 6.92 Å². The third-order valence-corrected chi connectivity index (χ3v) is 6.81. The van der Waals surface area contributed by atoms with Crippen LogP contribution in [0.3, 0.4) is 0 Å². The number of rotatable bonds is 4. The first-order chi connectivity index (χ1) is 4.57. The van der Waals surface area contributed by atoms with Gasteiger partial charge in [-0.2, -0.15) is 0 Å². The maximum absolute atomic E-state index is 5.89. The Bertz CT molecular complexity index is 106. The van der Waals surface area contributed by atoms with Crippen molar-refractivity contribution in [1.29, 1.82) is 0 Å². The first-order valence-electron chi connectivity index (χ1n) is 3.22. The summed E-state index contributed by atoms with van der Waals surface area (Å²) in [5.74, 6) is 0. The van der Waals surface area contributed by atoms with Crippen molar-refractivity contribution in [2.24, 2.45) is 0 Å². The molecule has 0 rings (SSSR count). The van der Waals surface area contributed by atoms with E-state index >= 15 is 0 Å². The molecule has 2 atom stereocenters. The summed E-state index contributed by atoms with van der Waals surface area (Å²) in [6.45, 7) is 8.10. The van der Waals surface area contributed by atoms with E-state index in [1.165, 1.54) is 0 Å². The molecule has 0 nitrogen and oxygen atoms in total. The van der Waals surface area contributed by atoms with Gasteiger partial charge >= 0.3 is 90.0 Å². The Labute approximate surface area is 89.2 Å². The number of alkyl halides is 2. The molecule has 0 aliphatic heterocycles. The predicted molar refractivity (Wildman–Crippen MR) is 54.8 cm³/mol. The third kappa shape index (κ3) is 5.04. The van der Waals surface area contributed by atoms with Crippen molar-refractivity contribution in [3.05, 3.63) is 12.7 Å². The molecule has 0 aromatic carbocycles. The molecule has 0 fully saturated rings. The summed E-state index contributed by atoms with van der Waals surface area (Å²) < 4.78 is 1.69. The van der Waals surface area contributed by atoms with Crippen LogP contribution in [0.5, 0.6) is 0 Å². The molecule has 0 bridgehead atoms. The molecule has 0 aliphatic rings. The standard InChI is InChI=1S/C6H11B2I2/c1-4-5(2)10-6(7)8(3)9/h4-6H,1H2,2-3H3/q-1. The molecule has 0 aliphatic carbocycles. The summed E-state index contributed by atoms with van der Waals surface area (Å²) in [4.78, 5) is 0. The number of hydrogen-bond acceptors (Lipinski definition) is 0. The fourth-order valence-electron chi connectivity index (χ4n) is 0.381. The van der Waals surface area contributed by atoms with Crippen LogP contribution in [0.4, 0.5) is 0 Å². The van der Waals surface area contributed by atoms with Crippen LogP contribution < -0.4 is 21.2 Å². The monoisotopic (exact) mass is 359 g/mol. The first kappa shape index (κ1) is 11.3. The van der Waals surface area contributed by atoms with E-state index in [9.17, 15) is 0 Å². The van der Waals surface area contributed by atoms with Crippen LogP contribution in [0.15, 0.2) is 12.7 Å². The van der Waals surface area contributed by atoms with Crippen molar-refractivity contribution in [2.75, 3.05) is 0 Å². The Balaban J connectivity index is 3.56. The maximum atomic E-state index is 5.89. The molecule has 10 heavy (non-hydrogen) atoms. The average Bonchev–Trinajstić information content (AvgIpc) is 1.87. The van der Waals surface area contributed by atoms with E-state index in [2.05, 4.69) is 42.7 Å². The quantitative estimate of drug-likeness (QED) is 0.255. The normalized spacial score (nSPS) is 16.3. The van der Waals surface area contributed by atoms with Crippen LogP contribution >= 0.6 is 22.4 Å². The van der Waals surface area contributed by atoms with Gasteiger partial charge in [-0.25, -0.2) is 0 Å². The molecular weight excluding hydrogens is 347 g/mol. The Kier molecular flexibility index (Phi) is 6.70. The zero-order valence-electron chi connectivity index (χ0n) is 6.35. The predicted octanol–water partition coefficient (Wildman–Crippen LogP) is -1.26. The second kappa shape index (κ2) is 5.91. The van der Waals surface area contributed by atoms with Gasteiger partial charge in [0.1, 0.15) is 0 Å². The Morgan fingerprint density at radius 2 is 2.30 bits per heavy atom. The van der Waals surface area contributed by atoms with Crippen molar-refractivity contribution in [3.63, 3.8) is 0 Å².